The van der Waals surface area contributed by atoms with Crippen molar-refractivity contribution in [1.29, 1.82) is 5.26 Å². The van der Waals surface area contributed by atoms with Crippen molar-refractivity contribution in [3.8, 4) is 23.3 Å². The molecule has 0 aliphatic carbocycles. The summed E-state index contributed by atoms with van der Waals surface area (Å²) in [6, 6.07) is 11.3. The second-order valence-electron chi connectivity index (χ2n) is 3.85. The number of nitrogens with zero attached hydrogens (tertiary/aromatic N) is 1. The summed E-state index contributed by atoms with van der Waals surface area (Å²) in [5.74, 6) is -0.634. The van der Waals surface area contributed by atoms with Crippen molar-refractivity contribution < 1.29 is 22.6 Å². The van der Waals surface area contributed by atoms with E-state index < -0.39 is 12.1 Å². The third-order valence-corrected chi connectivity index (χ3v) is 2.59. The highest BCUT2D eigenvalue weighted by Gasteiger charge is 2.32. The van der Waals surface area contributed by atoms with Gasteiger partial charge < -0.3 is 9.47 Å². The van der Waals surface area contributed by atoms with Gasteiger partial charge in [0.15, 0.2) is 11.5 Å². The molecule has 108 valence electrons. The maximum absolute atomic E-state index is 12.3. The molecule has 7 heteroatoms. The van der Waals surface area contributed by atoms with E-state index in [4.69, 9.17) is 21.6 Å². The first-order valence-corrected chi connectivity index (χ1v) is 5.99. The van der Waals surface area contributed by atoms with E-state index in [1.54, 1.807) is 0 Å². The Bertz CT molecular complexity index is 695. The molecule has 2 aromatic rings. The number of ether oxygens (including phenoxy) is 2. The SMILES string of the molecule is N#Cc1ccc(Cl)cc1Oc1ccccc1OC(F)(F)F. The van der Waals surface area contributed by atoms with E-state index >= 15 is 0 Å². The summed E-state index contributed by atoms with van der Waals surface area (Å²) in [5, 5.41) is 9.25. The van der Waals surface area contributed by atoms with Gasteiger partial charge in [-0.05, 0) is 24.3 Å². The quantitative estimate of drug-likeness (QED) is 0.809. The molecule has 0 bridgehead atoms. The van der Waals surface area contributed by atoms with Crippen LogP contribution in [0.15, 0.2) is 42.5 Å². The molecule has 0 radical (unpaired) electrons. The second-order valence-corrected chi connectivity index (χ2v) is 4.29. The molecular formula is C14H7ClF3NO2. The number of alkyl halides is 3. The molecule has 0 heterocycles. The van der Waals surface area contributed by atoms with Gasteiger partial charge in [-0.1, -0.05) is 23.7 Å². The lowest BCUT2D eigenvalue weighted by molar-refractivity contribution is -0.275. The summed E-state index contributed by atoms with van der Waals surface area (Å²) in [6.07, 6.45) is -4.84. The lowest BCUT2D eigenvalue weighted by Crippen LogP contribution is -2.17. The molecule has 0 N–H and O–H groups in total. The highest BCUT2D eigenvalue weighted by Crippen LogP contribution is 2.36. The number of rotatable bonds is 3. The zero-order chi connectivity index (χ0) is 15.5. The van der Waals surface area contributed by atoms with Crippen LogP contribution in [-0.4, -0.2) is 6.36 Å². The minimum atomic E-state index is -4.84. The highest BCUT2D eigenvalue weighted by molar-refractivity contribution is 6.30. The monoisotopic (exact) mass is 313 g/mol. The molecule has 0 saturated carbocycles. The predicted molar refractivity (Wildman–Crippen MR) is 69.4 cm³/mol. The summed E-state index contributed by atoms with van der Waals surface area (Å²) >= 11 is 5.79. The van der Waals surface area contributed by atoms with Crippen LogP contribution in [0.2, 0.25) is 5.02 Å². The van der Waals surface area contributed by atoms with Crippen molar-refractivity contribution in [3.05, 3.63) is 53.1 Å². The molecule has 0 fully saturated rings. The zero-order valence-electron chi connectivity index (χ0n) is 10.3. The molecule has 0 atom stereocenters. The average Bonchev–Trinajstić information content (AvgIpc) is 2.40. The Hall–Kier alpha value is -2.39. The lowest BCUT2D eigenvalue weighted by Gasteiger charge is -2.14. The molecule has 0 amide bonds. The summed E-state index contributed by atoms with van der Waals surface area (Å²) in [6.45, 7) is 0. The Morgan fingerprint density at radius 2 is 1.67 bits per heavy atom. The van der Waals surface area contributed by atoms with Crippen molar-refractivity contribution in [2.24, 2.45) is 0 Å². The van der Waals surface area contributed by atoms with E-state index in [2.05, 4.69) is 4.74 Å². The van der Waals surface area contributed by atoms with Crippen LogP contribution in [0.1, 0.15) is 5.56 Å². The Balaban J connectivity index is 2.37. The first kappa shape index (κ1) is 15.0. The van der Waals surface area contributed by atoms with Crippen molar-refractivity contribution in [2.45, 2.75) is 6.36 Å². The maximum atomic E-state index is 12.3. The van der Waals surface area contributed by atoms with E-state index in [-0.39, 0.29) is 17.1 Å². The van der Waals surface area contributed by atoms with Gasteiger partial charge in [-0.2, -0.15) is 5.26 Å². The fourth-order valence-electron chi connectivity index (χ4n) is 1.53. The molecule has 3 nitrogen and oxygen atoms in total. The Kier molecular flexibility index (Phi) is 4.24. The second kappa shape index (κ2) is 5.94. The van der Waals surface area contributed by atoms with E-state index in [9.17, 15) is 13.2 Å². The third-order valence-electron chi connectivity index (χ3n) is 2.36. The molecule has 0 aliphatic heterocycles. The molecule has 0 unspecified atom stereocenters. The predicted octanol–water partition coefficient (Wildman–Crippen LogP) is 4.90. The summed E-state index contributed by atoms with van der Waals surface area (Å²) in [7, 11) is 0. The smallest absolute Gasteiger partial charge is 0.452 e. The van der Waals surface area contributed by atoms with Crippen LogP contribution in [-0.2, 0) is 0 Å². The maximum Gasteiger partial charge on any atom is 0.573 e. The lowest BCUT2D eigenvalue weighted by atomic mass is 10.2. The van der Waals surface area contributed by atoms with Crippen LogP contribution < -0.4 is 9.47 Å². The van der Waals surface area contributed by atoms with E-state index in [0.29, 0.717) is 5.02 Å². The first-order valence-electron chi connectivity index (χ1n) is 5.61. The van der Waals surface area contributed by atoms with Gasteiger partial charge in [0, 0.05) is 11.1 Å². The van der Waals surface area contributed by atoms with E-state index in [0.717, 1.165) is 6.07 Å². The Labute approximate surface area is 123 Å². The fraction of sp³-hybridized carbons (Fsp3) is 0.0714. The number of para-hydroxylation sites is 2. The summed E-state index contributed by atoms with van der Waals surface area (Å²) in [4.78, 5) is 0. The van der Waals surface area contributed by atoms with Gasteiger partial charge in [-0.15, -0.1) is 13.2 Å². The number of hydrogen-bond donors (Lipinski definition) is 0. The van der Waals surface area contributed by atoms with Gasteiger partial charge in [-0.3, -0.25) is 0 Å². The molecule has 21 heavy (non-hydrogen) atoms. The zero-order valence-corrected chi connectivity index (χ0v) is 11.1. The minimum Gasteiger partial charge on any atom is -0.452 e. The van der Waals surface area contributed by atoms with E-state index in [1.807, 2.05) is 6.07 Å². The standard InChI is InChI=1S/C14H7ClF3NO2/c15-10-6-5-9(8-19)13(7-10)20-11-3-1-2-4-12(11)21-14(16,17)18/h1-7H. The van der Waals surface area contributed by atoms with Crippen molar-refractivity contribution in [2.75, 3.05) is 0 Å². The highest BCUT2D eigenvalue weighted by atomic mass is 35.5. The fourth-order valence-corrected chi connectivity index (χ4v) is 1.70. The topological polar surface area (TPSA) is 42.2 Å². The number of halogens is 4. The van der Waals surface area contributed by atoms with Gasteiger partial charge in [0.05, 0.1) is 5.56 Å². The van der Waals surface area contributed by atoms with Crippen LogP contribution in [0.5, 0.6) is 17.2 Å². The molecule has 0 aromatic heterocycles. The van der Waals surface area contributed by atoms with Crippen LogP contribution in [0.25, 0.3) is 0 Å². The number of benzene rings is 2. The summed E-state index contributed by atoms with van der Waals surface area (Å²) < 4.78 is 46.1. The molecule has 0 aliphatic rings. The average molecular weight is 314 g/mol. The van der Waals surface area contributed by atoms with E-state index in [1.165, 1.54) is 36.4 Å². The van der Waals surface area contributed by atoms with Crippen LogP contribution in [0.4, 0.5) is 13.2 Å². The largest absolute Gasteiger partial charge is 0.573 e. The molecule has 0 saturated heterocycles. The Morgan fingerprint density at radius 3 is 2.29 bits per heavy atom. The van der Waals surface area contributed by atoms with Gasteiger partial charge in [-0.25, -0.2) is 0 Å². The summed E-state index contributed by atoms with van der Waals surface area (Å²) in [5.41, 5.74) is 0.140. The number of hydrogen-bond acceptors (Lipinski definition) is 3. The van der Waals surface area contributed by atoms with Crippen LogP contribution in [0.3, 0.4) is 0 Å². The van der Waals surface area contributed by atoms with Gasteiger partial charge in [0.1, 0.15) is 11.8 Å². The molecule has 2 aromatic carbocycles. The normalized spacial score (nSPS) is 10.8. The molecule has 2 rings (SSSR count). The number of nitriles is 1. The molecular weight excluding hydrogens is 307 g/mol. The van der Waals surface area contributed by atoms with Crippen LogP contribution in [0, 0.1) is 11.3 Å². The van der Waals surface area contributed by atoms with Gasteiger partial charge in [0.2, 0.25) is 0 Å². The van der Waals surface area contributed by atoms with Gasteiger partial charge >= 0.3 is 6.36 Å². The van der Waals surface area contributed by atoms with Crippen molar-refractivity contribution >= 4 is 11.6 Å². The van der Waals surface area contributed by atoms with Crippen LogP contribution >= 0.6 is 11.6 Å². The first-order chi connectivity index (χ1) is 9.89. The van der Waals surface area contributed by atoms with Crippen molar-refractivity contribution in [3.63, 3.8) is 0 Å². The third kappa shape index (κ3) is 4.04. The molecule has 0 spiro atoms. The Morgan fingerprint density at radius 1 is 1.00 bits per heavy atom. The van der Waals surface area contributed by atoms with Crippen molar-refractivity contribution in [1.82, 2.24) is 0 Å². The van der Waals surface area contributed by atoms with Gasteiger partial charge in [0.25, 0.3) is 0 Å². The minimum absolute atomic E-state index is 0.0447.